The molecule has 0 unspecified atom stereocenters. The highest BCUT2D eigenvalue weighted by Gasteiger charge is 2.63. The molecule has 37 heavy (non-hydrogen) atoms. The predicted octanol–water partition coefficient (Wildman–Crippen LogP) is 2.44. The number of hydrogen-bond donors (Lipinski definition) is 5. The fraction of sp³-hybridized carbons (Fsp3) is 0.296. The van der Waals surface area contributed by atoms with Crippen LogP contribution in [0.5, 0.6) is 5.75 Å². The van der Waals surface area contributed by atoms with E-state index in [2.05, 4.69) is 0 Å². The Morgan fingerprint density at radius 3 is 2.32 bits per heavy atom. The lowest BCUT2D eigenvalue weighted by Gasteiger charge is -2.50. The standard InChI is InChI=1S/C27H25ClN2O7/c1-30(2)21-16-10-12-9-15-14(11-3-5-13(28)6-4-11)7-8-17(31)19(15)22(32)18(12)24(34)27(16,37)25(35)20(23(21)33)26(29)36/h3-8,12,16,21,31,33-34,37H,9-10H2,1-2H3,(H2,29,36)/t12-,16-,21-,27-/m0/s1. The minimum atomic E-state index is -2.66. The third-order valence-electron chi connectivity index (χ3n) is 7.76. The molecule has 3 aliphatic carbocycles. The lowest BCUT2D eigenvalue weighted by molar-refractivity contribution is -0.148. The van der Waals surface area contributed by atoms with Crippen LogP contribution in [-0.4, -0.2) is 68.5 Å². The number of nitrogens with zero attached hydrogens (tertiary/aromatic N) is 1. The number of Topliss-reactive ketones (excluding diaryl/α,β-unsaturated/α-hetero) is 2. The maximum atomic E-state index is 13.8. The second-order valence-corrected chi connectivity index (χ2v) is 10.4. The van der Waals surface area contributed by atoms with E-state index < -0.39 is 58.0 Å². The summed E-state index contributed by atoms with van der Waals surface area (Å²) in [4.78, 5) is 40.7. The van der Waals surface area contributed by atoms with E-state index in [1.807, 2.05) is 0 Å². The van der Waals surface area contributed by atoms with Gasteiger partial charge in [0.1, 0.15) is 22.8 Å². The maximum absolute atomic E-state index is 13.8. The Morgan fingerprint density at radius 1 is 1.08 bits per heavy atom. The summed E-state index contributed by atoms with van der Waals surface area (Å²) in [6.07, 6.45) is 0.238. The van der Waals surface area contributed by atoms with E-state index in [1.54, 1.807) is 44.4 Å². The van der Waals surface area contributed by atoms with Gasteiger partial charge in [-0.3, -0.25) is 19.3 Å². The zero-order valence-corrected chi connectivity index (χ0v) is 20.8. The Hall–Kier alpha value is -3.66. The molecule has 0 saturated heterocycles. The van der Waals surface area contributed by atoms with Crippen molar-refractivity contribution in [2.24, 2.45) is 17.6 Å². The average molecular weight is 525 g/mol. The first kappa shape index (κ1) is 25.0. The third kappa shape index (κ3) is 3.42. The fourth-order valence-corrected chi connectivity index (χ4v) is 6.28. The number of rotatable bonds is 3. The van der Waals surface area contributed by atoms with Crippen LogP contribution in [0.25, 0.3) is 11.1 Å². The number of phenolic OH excluding ortho intramolecular Hbond substituents is 1. The number of phenols is 1. The third-order valence-corrected chi connectivity index (χ3v) is 8.01. The number of aliphatic hydroxyl groups excluding tert-OH is 2. The van der Waals surface area contributed by atoms with Gasteiger partial charge < -0.3 is 26.2 Å². The number of allylic oxidation sites excluding steroid dienone is 1. The maximum Gasteiger partial charge on any atom is 0.255 e. The number of fused-ring (bicyclic) bond motifs is 3. The smallest absolute Gasteiger partial charge is 0.255 e. The van der Waals surface area contributed by atoms with Crippen LogP contribution in [0.1, 0.15) is 22.3 Å². The van der Waals surface area contributed by atoms with Crippen molar-refractivity contribution in [3.05, 3.63) is 75.2 Å². The van der Waals surface area contributed by atoms with E-state index >= 15 is 0 Å². The number of carbonyl (C=O) groups excluding carboxylic acids is 3. The molecule has 0 aliphatic heterocycles. The molecule has 10 heteroatoms. The van der Waals surface area contributed by atoms with Gasteiger partial charge in [0, 0.05) is 16.5 Å². The Labute approximate surface area is 217 Å². The monoisotopic (exact) mass is 524 g/mol. The number of primary amides is 1. The van der Waals surface area contributed by atoms with Gasteiger partial charge in [-0.05, 0) is 67.7 Å². The van der Waals surface area contributed by atoms with Crippen LogP contribution in [0.3, 0.4) is 0 Å². The Balaban J connectivity index is 1.72. The zero-order chi connectivity index (χ0) is 27.0. The summed E-state index contributed by atoms with van der Waals surface area (Å²) in [5, 5.41) is 45.0. The van der Waals surface area contributed by atoms with Crippen molar-refractivity contribution in [3.63, 3.8) is 0 Å². The van der Waals surface area contributed by atoms with Crippen molar-refractivity contribution in [1.82, 2.24) is 4.90 Å². The first-order valence-electron chi connectivity index (χ1n) is 11.6. The van der Waals surface area contributed by atoms with Crippen LogP contribution in [0.15, 0.2) is 59.1 Å². The minimum absolute atomic E-state index is 0.0292. The van der Waals surface area contributed by atoms with Gasteiger partial charge in [-0.15, -0.1) is 0 Å². The highest BCUT2D eigenvalue weighted by Crippen LogP contribution is 2.53. The molecule has 0 aromatic heterocycles. The lowest BCUT2D eigenvalue weighted by Crippen LogP contribution is -2.63. The van der Waals surface area contributed by atoms with Crippen LogP contribution in [-0.2, 0) is 16.0 Å². The topological polar surface area (TPSA) is 161 Å². The fourth-order valence-electron chi connectivity index (χ4n) is 6.15. The van der Waals surface area contributed by atoms with Crippen LogP contribution < -0.4 is 5.73 Å². The van der Waals surface area contributed by atoms with Crippen molar-refractivity contribution in [2.45, 2.75) is 24.5 Å². The van der Waals surface area contributed by atoms with E-state index in [0.717, 1.165) is 5.56 Å². The SMILES string of the molecule is CN(C)[C@@H]1C(O)=C(C(N)=O)C(=O)[C@@]2(O)C(O)=C3C(=O)c4c(O)ccc(-c5ccc(Cl)cc5)c4C[C@H]3C[C@@H]12. The number of benzene rings is 2. The van der Waals surface area contributed by atoms with E-state index in [1.165, 1.54) is 11.0 Å². The molecule has 3 aliphatic rings. The second kappa shape index (κ2) is 8.44. The van der Waals surface area contributed by atoms with Gasteiger partial charge in [0.05, 0.1) is 11.6 Å². The molecule has 2 aromatic carbocycles. The Bertz CT molecular complexity index is 1440. The van der Waals surface area contributed by atoms with Crippen LogP contribution in [0.4, 0.5) is 0 Å². The predicted molar refractivity (Wildman–Crippen MR) is 134 cm³/mol. The van der Waals surface area contributed by atoms with Crippen LogP contribution in [0, 0.1) is 11.8 Å². The summed E-state index contributed by atoms with van der Waals surface area (Å²) in [5.41, 5.74) is 3.65. The normalized spacial score (nSPS) is 27.2. The number of nitrogens with two attached hydrogens (primary N) is 1. The zero-order valence-electron chi connectivity index (χ0n) is 20.0. The van der Waals surface area contributed by atoms with Gasteiger partial charge in [-0.1, -0.05) is 29.8 Å². The molecule has 4 atom stereocenters. The van der Waals surface area contributed by atoms with Gasteiger partial charge in [0.2, 0.25) is 5.78 Å². The van der Waals surface area contributed by atoms with E-state index in [9.17, 15) is 34.8 Å². The van der Waals surface area contributed by atoms with Crippen molar-refractivity contribution in [2.75, 3.05) is 14.1 Å². The minimum Gasteiger partial charge on any atom is -0.510 e. The largest absolute Gasteiger partial charge is 0.510 e. The van der Waals surface area contributed by atoms with Crippen molar-refractivity contribution in [3.8, 4) is 16.9 Å². The summed E-state index contributed by atoms with van der Waals surface area (Å²) in [5.74, 6) is -6.75. The molecule has 0 heterocycles. The Morgan fingerprint density at radius 2 is 1.73 bits per heavy atom. The van der Waals surface area contributed by atoms with Gasteiger partial charge >= 0.3 is 0 Å². The number of hydrogen-bond acceptors (Lipinski definition) is 8. The van der Waals surface area contributed by atoms with Gasteiger partial charge in [0.15, 0.2) is 11.4 Å². The average Bonchev–Trinajstić information content (AvgIpc) is 2.82. The molecule has 0 fully saturated rings. The molecule has 1 amide bonds. The number of ketones is 2. The number of amides is 1. The molecule has 5 rings (SSSR count). The summed E-state index contributed by atoms with van der Waals surface area (Å²) in [7, 11) is 3.17. The number of likely N-dealkylation sites (N-methyl/N-ethyl adjacent to an activating group) is 1. The molecule has 0 radical (unpaired) electrons. The second-order valence-electron chi connectivity index (χ2n) is 9.96. The summed E-state index contributed by atoms with van der Waals surface area (Å²) in [6.45, 7) is 0. The van der Waals surface area contributed by atoms with Crippen molar-refractivity contribution in [1.29, 1.82) is 0 Å². The molecule has 192 valence electrons. The molecular weight excluding hydrogens is 500 g/mol. The molecule has 0 bridgehead atoms. The van der Waals surface area contributed by atoms with E-state index in [-0.39, 0.29) is 29.7 Å². The van der Waals surface area contributed by atoms with Gasteiger partial charge in [0.25, 0.3) is 5.91 Å². The van der Waals surface area contributed by atoms with E-state index in [4.69, 9.17) is 17.3 Å². The van der Waals surface area contributed by atoms with E-state index in [0.29, 0.717) is 16.1 Å². The van der Waals surface area contributed by atoms with Crippen LogP contribution in [0.2, 0.25) is 5.02 Å². The van der Waals surface area contributed by atoms with Gasteiger partial charge in [-0.2, -0.15) is 0 Å². The number of halogens is 1. The highest BCUT2D eigenvalue weighted by atomic mass is 35.5. The number of aliphatic hydroxyl groups is 3. The summed E-state index contributed by atoms with van der Waals surface area (Å²) >= 11 is 6.03. The summed E-state index contributed by atoms with van der Waals surface area (Å²) in [6, 6.07) is 9.03. The summed E-state index contributed by atoms with van der Waals surface area (Å²) < 4.78 is 0. The first-order chi connectivity index (χ1) is 17.4. The quantitative estimate of drug-likeness (QED) is 0.382. The molecular formula is C27H25ClN2O7. The van der Waals surface area contributed by atoms with Crippen LogP contribution >= 0.6 is 11.6 Å². The number of carbonyl (C=O) groups is 3. The molecule has 6 N–H and O–H groups in total. The first-order valence-corrected chi connectivity index (χ1v) is 12.0. The lowest BCUT2D eigenvalue weighted by atomic mass is 9.58. The molecule has 2 aromatic rings. The van der Waals surface area contributed by atoms with Crippen molar-refractivity contribution >= 4 is 29.1 Å². The van der Waals surface area contributed by atoms with Gasteiger partial charge in [-0.25, -0.2) is 0 Å². The molecule has 0 saturated carbocycles. The molecule has 9 nitrogen and oxygen atoms in total. The number of aromatic hydroxyl groups is 1. The molecule has 0 spiro atoms. The Kier molecular flexibility index (Phi) is 5.71. The van der Waals surface area contributed by atoms with Crippen molar-refractivity contribution < 1.29 is 34.8 Å². The highest BCUT2D eigenvalue weighted by molar-refractivity contribution is 6.30.